The second kappa shape index (κ2) is 16.1. The highest BCUT2D eigenvalue weighted by Gasteiger charge is 2.27. The molecular weight excluding hydrogens is 489 g/mol. The molecule has 1 aliphatic heterocycles. The SMILES string of the molecule is CCNC(=NCCCCCN1CCCCC1)NC1CCCC(C(=O)NC(C)C)C1.I. The van der Waals surface area contributed by atoms with Crippen LogP contribution < -0.4 is 16.0 Å². The number of rotatable bonds is 10. The van der Waals surface area contributed by atoms with E-state index in [1.54, 1.807) is 0 Å². The fourth-order valence-electron chi connectivity index (χ4n) is 4.47. The number of piperidine rings is 1. The number of aliphatic imine (C=N–C) groups is 1. The van der Waals surface area contributed by atoms with Gasteiger partial charge in [-0.05, 0) is 85.4 Å². The van der Waals surface area contributed by atoms with E-state index >= 15 is 0 Å². The lowest BCUT2D eigenvalue weighted by Crippen LogP contribution is -2.47. The number of likely N-dealkylation sites (tertiary alicyclic amines) is 1. The molecule has 0 aromatic rings. The Balaban J connectivity index is 0.00000450. The molecule has 1 amide bonds. The molecule has 176 valence electrons. The Kier molecular flexibility index (Phi) is 14.8. The van der Waals surface area contributed by atoms with Gasteiger partial charge in [0, 0.05) is 31.1 Å². The molecule has 0 aromatic carbocycles. The first-order valence-electron chi connectivity index (χ1n) is 12.2. The minimum absolute atomic E-state index is 0. The predicted molar refractivity (Wildman–Crippen MR) is 138 cm³/mol. The van der Waals surface area contributed by atoms with Crippen molar-refractivity contribution < 1.29 is 4.79 Å². The Morgan fingerprint density at radius 2 is 1.83 bits per heavy atom. The summed E-state index contributed by atoms with van der Waals surface area (Å²) < 4.78 is 0. The largest absolute Gasteiger partial charge is 0.357 e. The van der Waals surface area contributed by atoms with Gasteiger partial charge < -0.3 is 20.9 Å². The van der Waals surface area contributed by atoms with Gasteiger partial charge in [-0.1, -0.05) is 19.3 Å². The molecule has 2 atom stereocenters. The fourth-order valence-corrected chi connectivity index (χ4v) is 4.47. The molecule has 2 unspecified atom stereocenters. The maximum atomic E-state index is 12.4. The van der Waals surface area contributed by atoms with Crippen LogP contribution in [0.1, 0.15) is 85.0 Å². The molecule has 7 heteroatoms. The van der Waals surface area contributed by atoms with Crippen molar-refractivity contribution in [1.29, 1.82) is 0 Å². The topological polar surface area (TPSA) is 68.8 Å². The summed E-state index contributed by atoms with van der Waals surface area (Å²) in [6.07, 6.45) is 12.0. The Bertz CT molecular complexity index is 494. The zero-order valence-electron chi connectivity index (χ0n) is 19.5. The first-order chi connectivity index (χ1) is 14.1. The van der Waals surface area contributed by atoms with Gasteiger partial charge in [-0.2, -0.15) is 0 Å². The van der Waals surface area contributed by atoms with E-state index in [2.05, 4.69) is 27.8 Å². The van der Waals surface area contributed by atoms with Crippen molar-refractivity contribution >= 4 is 35.8 Å². The van der Waals surface area contributed by atoms with Crippen LogP contribution in [0.25, 0.3) is 0 Å². The van der Waals surface area contributed by atoms with Gasteiger partial charge in [-0.25, -0.2) is 0 Å². The monoisotopic (exact) mass is 535 g/mol. The average Bonchev–Trinajstić information content (AvgIpc) is 2.71. The highest BCUT2D eigenvalue weighted by Crippen LogP contribution is 2.24. The number of nitrogens with one attached hydrogen (secondary N) is 3. The van der Waals surface area contributed by atoms with E-state index in [0.29, 0.717) is 6.04 Å². The van der Waals surface area contributed by atoms with Crippen LogP contribution in [0.15, 0.2) is 4.99 Å². The maximum absolute atomic E-state index is 12.4. The number of carbonyl (C=O) groups is 1. The minimum Gasteiger partial charge on any atom is -0.357 e. The molecule has 1 heterocycles. The molecule has 2 fully saturated rings. The zero-order valence-corrected chi connectivity index (χ0v) is 21.9. The lowest BCUT2D eigenvalue weighted by Gasteiger charge is -2.30. The van der Waals surface area contributed by atoms with E-state index in [4.69, 9.17) is 4.99 Å². The quantitative estimate of drug-likeness (QED) is 0.172. The predicted octanol–water partition coefficient (Wildman–Crippen LogP) is 3.90. The van der Waals surface area contributed by atoms with Gasteiger partial charge in [0.1, 0.15) is 0 Å². The van der Waals surface area contributed by atoms with Crippen LogP contribution >= 0.6 is 24.0 Å². The second-order valence-corrected chi connectivity index (χ2v) is 9.09. The third kappa shape index (κ3) is 11.2. The molecule has 0 spiro atoms. The van der Waals surface area contributed by atoms with Crippen LogP contribution in [-0.2, 0) is 4.79 Å². The number of guanidine groups is 1. The Hall–Kier alpha value is -0.570. The van der Waals surface area contributed by atoms with Crippen molar-refractivity contribution in [3.8, 4) is 0 Å². The number of amides is 1. The molecule has 1 saturated heterocycles. The van der Waals surface area contributed by atoms with Crippen molar-refractivity contribution in [2.45, 2.75) is 97.1 Å². The first kappa shape index (κ1) is 27.5. The highest BCUT2D eigenvalue weighted by atomic mass is 127. The number of carbonyl (C=O) groups excluding carboxylic acids is 1. The summed E-state index contributed by atoms with van der Waals surface area (Å²) in [5, 5.41) is 10.0. The average molecular weight is 536 g/mol. The maximum Gasteiger partial charge on any atom is 0.223 e. The molecule has 1 saturated carbocycles. The standard InChI is InChI=1S/C23H45N5O.HI/c1-4-24-23(25-14-7-5-8-15-28-16-9-6-10-17-28)27-21-13-11-12-20(18-21)22(29)26-19(2)3;/h19-21H,4-18H2,1-3H3,(H,26,29)(H2,24,25,27);1H. The van der Waals surface area contributed by atoms with Crippen molar-refractivity contribution in [2.75, 3.05) is 32.7 Å². The summed E-state index contributed by atoms with van der Waals surface area (Å²) in [5.41, 5.74) is 0. The molecule has 6 nitrogen and oxygen atoms in total. The van der Waals surface area contributed by atoms with Crippen LogP contribution in [0.2, 0.25) is 0 Å². The van der Waals surface area contributed by atoms with Crippen molar-refractivity contribution in [1.82, 2.24) is 20.9 Å². The number of hydrogen-bond acceptors (Lipinski definition) is 3. The van der Waals surface area contributed by atoms with E-state index in [0.717, 1.165) is 51.2 Å². The summed E-state index contributed by atoms with van der Waals surface area (Å²) in [6, 6.07) is 0.549. The molecule has 3 N–H and O–H groups in total. The Morgan fingerprint density at radius 3 is 2.53 bits per heavy atom. The summed E-state index contributed by atoms with van der Waals surface area (Å²) in [7, 11) is 0. The van der Waals surface area contributed by atoms with E-state index in [1.165, 1.54) is 51.7 Å². The van der Waals surface area contributed by atoms with Crippen LogP contribution in [0.5, 0.6) is 0 Å². The van der Waals surface area contributed by atoms with Crippen LogP contribution in [0, 0.1) is 5.92 Å². The summed E-state index contributed by atoms with van der Waals surface area (Å²) in [4.78, 5) is 19.8. The van der Waals surface area contributed by atoms with Gasteiger partial charge in [0.05, 0.1) is 0 Å². The number of nitrogens with zero attached hydrogens (tertiary/aromatic N) is 2. The van der Waals surface area contributed by atoms with Crippen LogP contribution in [-0.4, -0.2) is 61.6 Å². The first-order valence-corrected chi connectivity index (χ1v) is 12.2. The van der Waals surface area contributed by atoms with E-state index in [1.807, 2.05) is 13.8 Å². The van der Waals surface area contributed by atoms with Gasteiger partial charge in [0.2, 0.25) is 5.91 Å². The lowest BCUT2D eigenvalue weighted by atomic mass is 9.85. The third-order valence-corrected chi connectivity index (χ3v) is 6.01. The molecule has 1 aliphatic carbocycles. The molecule has 30 heavy (non-hydrogen) atoms. The number of halogens is 1. The second-order valence-electron chi connectivity index (χ2n) is 9.09. The minimum atomic E-state index is 0. The van der Waals surface area contributed by atoms with Crippen LogP contribution in [0.3, 0.4) is 0 Å². The van der Waals surface area contributed by atoms with Gasteiger partial charge in [0.25, 0.3) is 0 Å². The van der Waals surface area contributed by atoms with Gasteiger partial charge in [0.15, 0.2) is 5.96 Å². The number of hydrogen-bond donors (Lipinski definition) is 3. The van der Waals surface area contributed by atoms with Gasteiger partial charge in [-0.3, -0.25) is 9.79 Å². The lowest BCUT2D eigenvalue weighted by molar-refractivity contribution is -0.126. The van der Waals surface area contributed by atoms with Crippen LogP contribution in [0.4, 0.5) is 0 Å². The molecule has 0 bridgehead atoms. The molecule has 2 aliphatic rings. The van der Waals surface area contributed by atoms with Crippen molar-refractivity contribution in [2.24, 2.45) is 10.9 Å². The molecule has 0 aromatic heterocycles. The Morgan fingerprint density at radius 1 is 1.07 bits per heavy atom. The fraction of sp³-hybridized carbons (Fsp3) is 0.913. The third-order valence-electron chi connectivity index (χ3n) is 6.01. The molecule has 0 radical (unpaired) electrons. The number of unbranched alkanes of at least 4 members (excludes halogenated alkanes) is 2. The Labute approximate surface area is 201 Å². The smallest absolute Gasteiger partial charge is 0.223 e. The van der Waals surface area contributed by atoms with E-state index in [9.17, 15) is 4.79 Å². The molecule has 2 rings (SSSR count). The highest BCUT2D eigenvalue weighted by molar-refractivity contribution is 14.0. The normalized spacial score (nSPS) is 23.0. The summed E-state index contributed by atoms with van der Waals surface area (Å²) >= 11 is 0. The van der Waals surface area contributed by atoms with Crippen molar-refractivity contribution in [3.05, 3.63) is 0 Å². The van der Waals surface area contributed by atoms with Gasteiger partial charge >= 0.3 is 0 Å². The summed E-state index contributed by atoms with van der Waals surface area (Å²) in [6.45, 7) is 11.7. The van der Waals surface area contributed by atoms with E-state index in [-0.39, 0.29) is 41.8 Å². The molecular formula is C23H46IN5O. The van der Waals surface area contributed by atoms with Crippen molar-refractivity contribution in [3.63, 3.8) is 0 Å². The van der Waals surface area contributed by atoms with Gasteiger partial charge in [-0.15, -0.1) is 24.0 Å². The van der Waals surface area contributed by atoms with E-state index < -0.39 is 0 Å². The zero-order chi connectivity index (χ0) is 20.9. The summed E-state index contributed by atoms with van der Waals surface area (Å²) in [5.74, 6) is 1.25.